The summed E-state index contributed by atoms with van der Waals surface area (Å²) in [5.74, 6) is 2.95. The van der Waals surface area contributed by atoms with Crippen LogP contribution in [0, 0.1) is 12.8 Å². The molecular weight excluding hydrogens is 439 g/mol. The molecule has 0 fully saturated rings. The molecule has 28 heavy (non-hydrogen) atoms. The van der Waals surface area contributed by atoms with Crippen molar-refractivity contribution in [2.45, 2.75) is 45.8 Å². The van der Waals surface area contributed by atoms with Crippen LogP contribution < -0.4 is 17.0 Å². The molecule has 2 heterocycles. The second-order valence-electron chi connectivity index (χ2n) is 6.47. The SMILES string of the molecule is Cc1nc(CCSCc2csc(N=C(N)N)n2)[nH]c(=O)c1CCC(C)C.Cl.Cl. The first-order valence-corrected chi connectivity index (χ1v) is 10.6. The third-order valence-electron chi connectivity index (χ3n) is 3.74. The van der Waals surface area contributed by atoms with Crippen LogP contribution in [-0.4, -0.2) is 26.7 Å². The van der Waals surface area contributed by atoms with E-state index in [4.69, 9.17) is 11.5 Å². The van der Waals surface area contributed by atoms with Crippen molar-refractivity contribution < 1.29 is 0 Å². The Kier molecular flexibility index (Phi) is 12.4. The molecule has 158 valence electrons. The number of hydrogen-bond donors (Lipinski definition) is 3. The Labute approximate surface area is 186 Å². The monoisotopic (exact) mass is 466 g/mol. The normalized spacial score (nSPS) is 10.3. The number of aromatic amines is 1. The zero-order chi connectivity index (χ0) is 19.1. The van der Waals surface area contributed by atoms with Crippen molar-refractivity contribution in [3.8, 4) is 0 Å². The molecule has 5 N–H and O–H groups in total. The van der Waals surface area contributed by atoms with Gasteiger partial charge in [-0.1, -0.05) is 13.8 Å². The van der Waals surface area contributed by atoms with Crippen molar-refractivity contribution in [1.29, 1.82) is 0 Å². The molecule has 0 aliphatic heterocycles. The van der Waals surface area contributed by atoms with Gasteiger partial charge in [-0.05, 0) is 25.7 Å². The van der Waals surface area contributed by atoms with Gasteiger partial charge in [0.1, 0.15) is 5.82 Å². The Morgan fingerprint density at radius 1 is 1.29 bits per heavy atom. The number of aromatic nitrogens is 3. The molecular formula is C17H28Cl2N6OS2. The Hall–Kier alpha value is -1.29. The summed E-state index contributed by atoms with van der Waals surface area (Å²) in [7, 11) is 0. The van der Waals surface area contributed by atoms with Crippen molar-refractivity contribution in [3.05, 3.63) is 38.5 Å². The molecule has 7 nitrogen and oxygen atoms in total. The molecule has 0 spiro atoms. The first-order valence-electron chi connectivity index (χ1n) is 8.55. The molecule has 11 heteroatoms. The van der Waals surface area contributed by atoms with Crippen LogP contribution in [0.2, 0.25) is 0 Å². The highest BCUT2D eigenvalue weighted by atomic mass is 35.5. The van der Waals surface area contributed by atoms with Gasteiger partial charge in [0.05, 0.1) is 5.69 Å². The highest BCUT2D eigenvalue weighted by Crippen LogP contribution is 2.22. The number of nitrogens with two attached hydrogens (primary N) is 2. The minimum absolute atomic E-state index is 0. The van der Waals surface area contributed by atoms with E-state index in [2.05, 4.69) is 33.8 Å². The third-order valence-corrected chi connectivity index (χ3v) is 5.52. The number of nitrogens with one attached hydrogen (secondary N) is 1. The van der Waals surface area contributed by atoms with Crippen LogP contribution in [0.25, 0.3) is 0 Å². The van der Waals surface area contributed by atoms with Crippen molar-refractivity contribution in [2.75, 3.05) is 5.75 Å². The quantitative estimate of drug-likeness (QED) is 0.295. The Morgan fingerprint density at radius 2 is 2.00 bits per heavy atom. The van der Waals surface area contributed by atoms with Crippen LogP contribution in [0.3, 0.4) is 0 Å². The molecule has 0 aliphatic carbocycles. The maximum absolute atomic E-state index is 12.3. The van der Waals surface area contributed by atoms with E-state index in [1.54, 1.807) is 11.8 Å². The van der Waals surface area contributed by atoms with E-state index in [9.17, 15) is 4.79 Å². The lowest BCUT2D eigenvalue weighted by Gasteiger charge is -2.08. The van der Waals surface area contributed by atoms with Crippen molar-refractivity contribution in [1.82, 2.24) is 15.0 Å². The second kappa shape index (κ2) is 13.0. The number of thioether (sulfide) groups is 1. The van der Waals surface area contributed by atoms with E-state index in [0.29, 0.717) is 11.0 Å². The average molecular weight is 467 g/mol. The topological polar surface area (TPSA) is 123 Å². The van der Waals surface area contributed by atoms with Gasteiger partial charge in [0.15, 0.2) is 5.96 Å². The molecule has 2 rings (SSSR count). The molecule has 0 atom stereocenters. The van der Waals surface area contributed by atoms with Crippen LogP contribution in [0.1, 0.15) is 43.0 Å². The summed E-state index contributed by atoms with van der Waals surface area (Å²) in [4.78, 5) is 28.0. The average Bonchev–Trinajstić information content (AvgIpc) is 2.97. The van der Waals surface area contributed by atoms with Crippen LogP contribution in [0.15, 0.2) is 15.2 Å². The smallest absolute Gasteiger partial charge is 0.254 e. The summed E-state index contributed by atoms with van der Waals surface area (Å²) in [5.41, 5.74) is 13.3. The summed E-state index contributed by atoms with van der Waals surface area (Å²) in [6.45, 7) is 6.23. The van der Waals surface area contributed by atoms with Gasteiger partial charge in [-0.2, -0.15) is 16.8 Å². The molecule has 2 aromatic rings. The van der Waals surface area contributed by atoms with Crippen LogP contribution >= 0.6 is 47.9 Å². The number of rotatable bonds is 9. The summed E-state index contributed by atoms with van der Waals surface area (Å²) < 4.78 is 0. The summed E-state index contributed by atoms with van der Waals surface area (Å²) in [6, 6.07) is 0. The summed E-state index contributed by atoms with van der Waals surface area (Å²) >= 11 is 3.15. The Morgan fingerprint density at radius 3 is 2.61 bits per heavy atom. The minimum Gasteiger partial charge on any atom is -0.370 e. The largest absolute Gasteiger partial charge is 0.370 e. The van der Waals surface area contributed by atoms with E-state index in [1.165, 1.54) is 11.3 Å². The lowest BCUT2D eigenvalue weighted by atomic mass is 10.0. The number of aryl methyl sites for hydroxylation is 2. The fraction of sp³-hybridized carbons (Fsp3) is 0.529. The van der Waals surface area contributed by atoms with Crippen LogP contribution in [0.4, 0.5) is 5.13 Å². The van der Waals surface area contributed by atoms with E-state index in [-0.39, 0.29) is 36.3 Å². The van der Waals surface area contributed by atoms with E-state index < -0.39 is 0 Å². The second-order valence-corrected chi connectivity index (χ2v) is 8.41. The lowest BCUT2D eigenvalue weighted by Crippen LogP contribution is -2.21. The molecule has 0 saturated heterocycles. The fourth-order valence-electron chi connectivity index (χ4n) is 2.38. The molecule has 0 radical (unpaired) electrons. The van der Waals surface area contributed by atoms with Gasteiger partial charge in [-0.3, -0.25) is 4.79 Å². The maximum atomic E-state index is 12.3. The highest BCUT2D eigenvalue weighted by Gasteiger charge is 2.09. The predicted molar refractivity (Wildman–Crippen MR) is 125 cm³/mol. The summed E-state index contributed by atoms with van der Waals surface area (Å²) in [6.07, 6.45) is 2.50. The molecule has 0 saturated carbocycles. The van der Waals surface area contributed by atoms with Crippen molar-refractivity contribution in [3.63, 3.8) is 0 Å². The molecule has 2 aromatic heterocycles. The first-order chi connectivity index (χ1) is 12.3. The molecule has 0 amide bonds. The number of hydrogen-bond acceptors (Lipinski definition) is 6. The fourth-order valence-corrected chi connectivity index (χ4v) is 4.03. The van der Waals surface area contributed by atoms with Crippen molar-refractivity contribution >= 4 is 59.0 Å². The van der Waals surface area contributed by atoms with Crippen LogP contribution in [0.5, 0.6) is 0 Å². The standard InChI is InChI=1S/C17H26N6OS2.2ClH/c1-10(2)4-5-13-11(3)20-14(22-15(13)24)6-7-25-8-12-9-26-17(21-12)23-16(18)19;;/h9-10H,4-8H2,1-3H3,(H,20,22,24)(H4,18,19,21,23);2*1H. The predicted octanol–water partition coefficient (Wildman–Crippen LogP) is 3.35. The van der Waals surface area contributed by atoms with Gasteiger partial charge in [-0.25, -0.2) is 9.97 Å². The van der Waals surface area contributed by atoms with Crippen molar-refractivity contribution in [2.24, 2.45) is 22.4 Å². The van der Waals surface area contributed by atoms with Gasteiger partial charge in [-0.15, -0.1) is 36.2 Å². The minimum atomic E-state index is -0.000437. The van der Waals surface area contributed by atoms with Gasteiger partial charge in [0, 0.05) is 34.6 Å². The number of aliphatic imine (C=N–C) groups is 1. The first kappa shape index (κ1) is 26.7. The van der Waals surface area contributed by atoms with Gasteiger partial charge >= 0.3 is 0 Å². The molecule has 0 aromatic carbocycles. The summed E-state index contributed by atoms with van der Waals surface area (Å²) in [5, 5.41) is 2.52. The van der Waals surface area contributed by atoms with E-state index in [1.807, 2.05) is 12.3 Å². The number of halogens is 2. The Bertz CT molecular complexity index is 818. The van der Waals surface area contributed by atoms with E-state index in [0.717, 1.165) is 53.5 Å². The lowest BCUT2D eigenvalue weighted by molar-refractivity contribution is 0.581. The number of thiazole rings is 1. The molecule has 0 unspecified atom stereocenters. The maximum Gasteiger partial charge on any atom is 0.254 e. The Balaban J connectivity index is 0.00000364. The number of nitrogens with zero attached hydrogens (tertiary/aromatic N) is 3. The van der Waals surface area contributed by atoms with Crippen LogP contribution in [-0.2, 0) is 18.6 Å². The third kappa shape index (κ3) is 8.81. The zero-order valence-corrected chi connectivity index (χ0v) is 19.5. The molecule has 0 aliphatic rings. The van der Waals surface area contributed by atoms with Gasteiger partial charge in [0.25, 0.3) is 5.56 Å². The molecule has 0 bridgehead atoms. The zero-order valence-electron chi connectivity index (χ0n) is 16.2. The van der Waals surface area contributed by atoms with Gasteiger partial charge < -0.3 is 16.5 Å². The van der Waals surface area contributed by atoms with E-state index >= 15 is 0 Å². The van der Waals surface area contributed by atoms with Gasteiger partial charge in [0.2, 0.25) is 5.13 Å². The number of H-pyrrole nitrogens is 1. The highest BCUT2D eigenvalue weighted by molar-refractivity contribution is 7.98. The number of guanidine groups is 1.